The van der Waals surface area contributed by atoms with Crippen molar-refractivity contribution in [3.8, 4) is 16.9 Å². The summed E-state index contributed by atoms with van der Waals surface area (Å²) < 4.78 is 6.72. The Hall–Kier alpha value is -3.44. The SMILES string of the molecule is O=C(Cn1c(=O)cnc2ccccc21)Oc1ccc(-c2ccccc2)cc1Cl. The predicted molar refractivity (Wildman–Crippen MR) is 109 cm³/mol. The van der Waals surface area contributed by atoms with Gasteiger partial charge < -0.3 is 4.74 Å². The van der Waals surface area contributed by atoms with Gasteiger partial charge in [0.1, 0.15) is 12.3 Å². The molecule has 0 atom stereocenters. The van der Waals surface area contributed by atoms with Crippen LogP contribution in [0.25, 0.3) is 22.2 Å². The third-order valence-corrected chi connectivity index (χ3v) is 4.60. The van der Waals surface area contributed by atoms with Crippen molar-refractivity contribution in [3.63, 3.8) is 0 Å². The number of aromatic nitrogens is 2. The summed E-state index contributed by atoms with van der Waals surface area (Å²) in [5.41, 5.74) is 2.75. The summed E-state index contributed by atoms with van der Waals surface area (Å²) in [6.45, 7) is -0.237. The Balaban J connectivity index is 1.57. The number of carbonyl (C=O) groups excluding carboxylic acids is 1. The largest absolute Gasteiger partial charge is 0.424 e. The fourth-order valence-electron chi connectivity index (χ4n) is 2.96. The molecule has 0 saturated heterocycles. The quantitative estimate of drug-likeness (QED) is 0.384. The molecule has 0 fully saturated rings. The van der Waals surface area contributed by atoms with Gasteiger partial charge in [-0.1, -0.05) is 60.1 Å². The second kappa shape index (κ2) is 7.66. The van der Waals surface area contributed by atoms with Crippen molar-refractivity contribution in [2.75, 3.05) is 0 Å². The van der Waals surface area contributed by atoms with E-state index in [-0.39, 0.29) is 17.9 Å². The van der Waals surface area contributed by atoms with E-state index in [0.717, 1.165) is 11.1 Å². The number of rotatable bonds is 4. The molecule has 0 spiro atoms. The minimum atomic E-state index is -0.590. The number of halogens is 1. The maximum absolute atomic E-state index is 12.4. The highest BCUT2D eigenvalue weighted by atomic mass is 35.5. The van der Waals surface area contributed by atoms with Gasteiger partial charge in [-0.15, -0.1) is 0 Å². The standard InChI is InChI=1S/C22H15ClN2O3/c23-17-12-16(15-6-2-1-3-7-15)10-11-20(17)28-22(27)14-25-19-9-5-4-8-18(19)24-13-21(25)26/h1-13H,14H2. The van der Waals surface area contributed by atoms with Crippen molar-refractivity contribution in [2.45, 2.75) is 6.54 Å². The number of para-hydroxylation sites is 2. The summed E-state index contributed by atoms with van der Waals surface area (Å²) in [6, 6.07) is 22.1. The number of fused-ring (bicyclic) bond motifs is 1. The zero-order chi connectivity index (χ0) is 19.5. The molecule has 28 heavy (non-hydrogen) atoms. The average molecular weight is 391 g/mol. The van der Waals surface area contributed by atoms with Crippen molar-refractivity contribution in [2.24, 2.45) is 0 Å². The fourth-order valence-corrected chi connectivity index (χ4v) is 3.17. The first-order valence-corrected chi connectivity index (χ1v) is 9.00. The first-order valence-electron chi connectivity index (χ1n) is 8.62. The van der Waals surface area contributed by atoms with E-state index in [9.17, 15) is 9.59 Å². The van der Waals surface area contributed by atoms with E-state index in [2.05, 4.69) is 4.98 Å². The summed E-state index contributed by atoms with van der Waals surface area (Å²) in [6.07, 6.45) is 1.19. The van der Waals surface area contributed by atoms with Crippen LogP contribution in [0.5, 0.6) is 5.75 Å². The van der Waals surface area contributed by atoms with Gasteiger partial charge in [-0.05, 0) is 35.4 Å². The number of ether oxygens (including phenoxy) is 1. The van der Waals surface area contributed by atoms with Gasteiger partial charge in [0.25, 0.3) is 5.56 Å². The van der Waals surface area contributed by atoms with Gasteiger partial charge in [0.05, 0.1) is 22.3 Å². The number of hydrogen-bond donors (Lipinski definition) is 0. The molecule has 0 bridgehead atoms. The first kappa shape index (κ1) is 17.9. The van der Waals surface area contributed by atoms with Crippen molar-refractivity contribution < 1.29 is 9.53 Å². The molecule has 0 unspecified atom stereocenters. The van der Waals surface area contributed by atoms with Crippen LogP contribution in [0.15, 0.2) is 83.8 Å². The van der Waals surface area contributed by atoms with E-state index in [4.69, 9.17) is 16.3 Å². The topological polar surface area (TPSA) is 61.2 Å². The molecule has 0 radical (unpaired) electrons. The molecule has 5 nitrogen and oxygen atoms in total. The number of nitrogens with zero attached hydrogens (tertiary/aromatic N) is 2. The van der Waals surface area contributed by atoms with E-state index in [1.165, 1.54) is 10.8 Å². The summed E-state index contributed by atoms with van der Waals surface area (Å²) >= 11 is 6.30. The van der Waals surface area contributed by atoms with Crippen LogP contribution in [0.4, 0.5) is 0 Å². The second-order valence-corrected chi connectivity index (χ2v) is 6.56. The van der Waals surface area contributed by atoms with E-state index >= 15 is 0 Å². The molecule has 3 aromatic carbocycles. The Kier molecular flexibility index (Phi) is 4.91. The number of carbonyl (C=O) groups is 1. The maximum Gasteiger partial charge on any atom is 0.331 e. The zero-order valence-corrected chi connectivity index (χ0v) is 15.5. The minimum Gasteiger partial charge on any atom is -0.424 e. The predicted octanol–water partition coefficient (Wildman–Crippen LogP) is 4.32. The lowest BCUT2D eigenvalue weighted by molar-refractivity contribution is -0.135. The van der Waals surface area contributed by atoms with Gasteiger partial charge in [0.2, 0.25) is 0 Å². The average Bonchev–Trinajstić information content (AvgIpc) is 2.72. The normalized spacial score (nSPS) is 10.8. The van der Waals surface area contributed by atoms with Crippen molar-refractivity contribution in [1.29, 1.82) is 0 Å². The molecule has 1 heterocycles. The Morgan fingerprint density at radius 3 is 2.50 bits per heavy atom. The Morgan fingerprint density at radius 2 is 1.71 bits per heavy atom. The van der Waals surface area contributed by atoms with Gasteiger partial charge in [-0.2, -0.15) is 0 Å². The monoisotopic (exact) mass is 390 g/mol. The molecule has 0 saturated carbocycles. The lowest BCUT2D eigenvalue weighted by atomic mass is 10.1. The molecule has 0 amide bonds. The molecule has 1 aromatic heterocycles. The van der Waals surface area contributed by atoms with Crippen LogP contribution in [0.1, 0.15) is 0 Å². The minimum absolute atomic E-state index is 0.237. The van der Waals surface area contributed by atoms with Gasteiger partial charge in [0.15, 0.2) is 0 Å². The van der Waals surface area contributed by atoms with Crippen molar-refractivity contribution >= 4 is 28.6 Å². The lowest BCUT2D eigenvalue weighted by Gasteiger charge is -2.11. The molecule has 0 aliphatic heterocycles. The number of benzene rings is 3. The van der Waals surface area contributed by atoms with Crippen LogP contribution in [-0.2, 0) is 11.3 Å². The van der Waals surface area contributed by atoms with E-state index < -0.39 is 5.97 Å². The molecular formula is C22H15ClN2O3. The zero-order valence-electron chi connectivity index (χ0n) is 14.7. The van der Waals surface area contributed by atoms with Crippen molar-refractivity contribution in [3.05, 3.63) is 94.4 Å². The van der Waals surface area contributed by atoms with Crippen LogP contribution in [0.2, 0.25) is 5.02 Å². The van der Waals surface area contributed by atoms with Crippen LogP contribution < -0.4 is 10.3 Å². The first-order chi connectivity index (χ1) is 13.6. The van der Waals surface area contributed by atoms with Crippen molar-refractivity contribution in [1.82, 2.24) is 9.55 Å². The summed E-state index contributed by atoms with van der Waals surface area (Å²) in [5, 5.41) is 0.321. The summed E-state index contributed by atoms with van der Waals surface area (Å²) in [7, 11) is 0. The number of hydrogen-bond acceptors (Lipinski definition) is 4. The third-order valence-electron chi connectivity index (χ3n) is 4.30. The van der Waals surface area contributed by atoms with Gasteiger partial charge in [-0.3, -0.25) is 9.36 Å². The lowest BCUT2D eigenvalue weighted by Crippen LogP contribution is -2.27. The molecular weight excluding hydrogens is 376 g/mol. The van der Waals surface area contributed by atoms with Gasteiger partial charge >= 0.3 is 5.97 Å². The molecule has 0 aliphatic rings. The fraction of sp³-hybridized carbons (Fsp3) is 0.0455. The van der Waals surface area contributed by atoms with Gasteiger partial charge in [0, 0.05) is 0 Å². The van der Waals surface area contributed by atoms with Crippen LogP contribution in [0, 0.1) is 0 Å². The Morgan fingerprint density at radius 1 is 0.964 bits per heavy atom. The smallest absolute Gasteiger partial charge is 0.331 e. The Labute approximate surface area is 165 Å². The number of esters is 1. The van der Waals surface area contributed by atoms with E-state index in [1.807, 2.05) is 42.5 Å². The van der Waals surface area contributed by atoms with E-state index in [0.29, 0.717) is 16.1 Å². The summed E-state index contributed by atoms with van der Waals surface area (Å²) in [4.78, 5) is 28.7. The van der Waals surface area contributed by atoms with Crippen LogP contribution in [0.3, 0.4) is 0 Å². The third kappa shape index (κ3) is 3.66. The highest BCUT2D eigenvalue weighted by molar-refractivity contribution is 6.32. The molecule has 138 valence electrons. The molecule has 4 rings (SSSR count). The van der Waals surface area contributed by atoms with Crippen LogP contribution in [-0.4, -0.2) is 15.5 Å². The molecule has 6 heteroatoms. The summed E-state index contributed by atoms with van der Waals surface area (Å²) in [5.74, 6) is -0.342. The maximum atomic E-state index is 12.4. The molecule has 0 N–H and O–H groups in total. The van der Waals surface area contributed by atoms with E-state index in [1.54, 1.807) is 30.3 Å². The highest BCUT2D eigenvalue weighted by Crippen LogP contribution is 2.30. The van der Waals surface area contributed by atoms with Crippen LogP contribution >= 0.6 is 11.6 Å². The second-order valence-electron chi connectivity index (χ2n) is 6.16. The highest BCUT2D eigenvalue weighted by Gasteiger charge is 2.13. The molecule has 4 aromatic rings. The Bertz CT molecular complexity index is 1220. The van der Waals surface area contributed by atoms with Gasteiger partial charge in [-0.25, -0.2) is 9.78 Å². The molecule has 0 aliphatic carbocycles.